The van der Waals surface area contributed by atoms with E-state index in [4.69, 9.17) is 10.5 Å². The van der Waals surface area contributed by atoms with Crippen LogP contribution in [0.1, 0.15) is 38.1 Å². The fourth-order valence-electron chi connectivity index (χ4n) is 1.98. The van der Waals surface area contributed by atoms with Gasteiger partial charge in [-0.2, -0.15) is 0 Å². The summed E-state index contributed by atoms with van der Waals surface area (Å²) < 4.78 is 9.72. The summed E-state index contributed by atoms with van der Waals surface area (Å²) in [5, 5.41) is 11.2. The van der Waals surface area contributed by atoms with Crippen LogP contribution in [-0.4, -0.2) is 47.1 Å². The smallest absolute Gasteiger partial charge is 0.408 e. The number of hydrogen-bond donors (Lipinski definition) is 3. The monoisotopic (exact) mass is 384 g/mol. The van der Waals surface area contributed by atoms with Gasteiger partial charge >= 0.3 is 18.0 Å². The second-order valence-electron chi connectivity index (χ2n) is 6.53. The number of carboxylic acids is 1. The number of rotatable bonds is 6. The van der Waals surface area contributed by atoms with Crippen LogP contribution in [-0.2, 0) is 14.3 Å². The number of carboxylic acid groups (broad SMARTS) is 1. The zero-order valence-corrected chi connectivity index (χ0v) is 16.2. The van der Waals surface area contributed by atoms with Crippen molar-refractivity contribution in [2.75, 3.05) is 12.8 Å². The first-order valence-electron chi connectivity index (χ1n) is 7.81. The number of nitrogen functional groups attached to an aromatic ring is 1. The molecule has 0 aliphatic heterocycles. The highest BCUT2D eigenvalue weighted by atomic mass is 32.2. The number of thioether (sulfide) groups is 1. The van der Waals surface area contributed by atoms with E-state index in [0.29, 0.717) is 16.1 Å². The predicted molar refractivity (Wildman–Crippen MR) is 98.3 cm³/mol. The molecule has 1 aromatic carbocycles. The first-order chi connectivity index (χ1) is 11.9. The molecule has 1 aromatic rings. The summed E-state index contributed by atoms with van der Waals surface area (Å²) in [5.41, 5.74) is 5.80. The maximum Gasteiger partial charge on any atom is 0.408 e. The van der Waals surface area contributed by atoms with Gasteiger partial charge in [-0.1, -0.05) is 6.92 Å². The van der Waals surface area contributed by atoms with Gasteiger partial charge in [0.2, 0.25) is 0 Å². The van der Waals surface area contributed by atoms with Gasteiger partial charge in [0.15, 0.2) is 0 Å². The van der Waals surface area contributed by atoms with Crippen LogP contribution in [0.3, 0.4) is 0 Å². The minimum atomic E-state index is -1.19. The summed E-state index contributed by atoms with van der Waals surface area (Å²) >= 11 is 1.17. The molecule has 0 aromatic heterocycles. The first kappa shape index (κ1) is 21.6. The topological polar surface area (TPSA) is 128 Å². The number of nitrogens with one attached hydrogen (secondary N) is 1. The van der Waals surface area contributed by atoms with Crippen molar-refractivity contribution in [2.45, 2.75) is 49.5 Å². The molecule has 0 spiro atoms. The summed E-state index contributed by atoms with van der Waals surface area (Å²) in [6.45, 7) is 6.70. The Morgan fingerprint density at radius 3 is 2.35 bits per heavy atom. The largest absolute Gasteiger partial charge is 0.480 e. The van der Waals surface area contributed by atoms with Gasteiger partial charge in [-0.3, -0.25) is 0 Å². The molecular formula is C17H24N2O6S. The van der Waals surface area contributed by atoms with Crippen LogP contribution < -0.4 is 11.1 Å². The van der Waals surface area contributed by atoms with E-state index in [-0.39, 0.29) is 0 Å². The number of alkyl carbamates (subject to hydrolysis) is 1. The number of ether oxygens (including phenoxy) is 2. The third kappa shape index (κ3) is 6.47. The van der Waals surface area contributed by atoms with Gasteiger partial charge in [-0.25, -0.2) is 14.4 Å². The molecule has 1 rings (SSSR count). The summed E-state index contributed by atoms with van der Waals surface area (Å²) in [5.74, 6) is -1.71. The van der Waals surface area contributed by atoms with Crippen molar-refractivity contribution in [1.29, 1.82) is 0 Å². The fraction of sp³-hybridized carbons (Fsp3) is 0.471. The lowest BCUT2D eigenvalue weighted by atomic mass is 10.2. The van der Waals surface area contributed by atoms with E-state index in [1.54, 1.807) is 33.8 Å². The molecule has 0 radical (unpaired) electrons. The lowest BCUT2D eigenvalue weighted by Gasteiger charge is -2.25. The number of hydrogen-bond acceptors (Lipinski definition) is 7. The zero-order valence-electron chi connectivity index (χ0n) is 15.4. The number of amides is 1. The summed E-state index contributed by atoms with van der Waals surface area (Å²) in [4.78, 5) is 35.5. The Morgan fingerprint density at radius 2 is 1.88 bits per heavy atom. The predicted octanol–water partition coefficient (Wildman–Crippen LogP) is 2.51. The summed E-state index contributed by atoms with van der Waals surface area (Å²) in [6, 6.07) is 3.41. The van der Waals surface area contributed by atoms with Crippen LogP contribution in [0.2, 0.25) is 0 Å². The molecular weight excluding hydrogens is 360 g/mol. The maximum atomic E-state index is 11.9. The fourth-order valence-corrected chi connectivity index (χ4v) is 3.05. The number of anilines is 1. The van der Waals surface area contributed by atoms with Crippen molar-refractivity contribution in [3.63, 3.8) is 0 Å². The normalized spacial score (nSPS) is 13.4. The molecule has 0 aliphatic carbocycles. The Kier molecular flexibility index (Phi) is 7.31. The number of methoxy groups -OCH3 is 1. The van der Waals surface area contributed by atoms with Gasteiger partial charge in [-0.05, 0) is 39.0 Å². The minimum Gasteiger partial charge on any atom is -0.480 e. The Labute approximate surface area is 156 Å². The van der Waals surface area contributed by atoms with Crippen LogP contribution in [0.15, 0.2) is 23.1 Å². The zero-order chi connectivity index (χ0) is 20.1. The molecule has 8 nitrogen and oxygen atoms in total. The molecule has 0 fully saturated rings. The van der Waals surface area contributed by atoms with Crippen molar-refractivity contribution < 1.29 is 29.0 Å². The highest BCUT2D eigenvalue weighted by molar-refractivity contribution is 8.00. The van der Waals surface area contributed by atoms with E-state index in [2.05, 4.69) is 10.1 Å². The number of carbonyl (C=O) groups is 3. The van der Waals surface area contributed by atoms with Crippen LogP contribution in [0.5, 0.6) is 0 Å². The van der Waals surface area contributed by atoms with Crippen molar-refractivity contribution >= 4 is 35.5 Å². The van der Waals surface area contributed by atoms with Crippen LogP contribution >= 0.6 is 11.8 Å². The summed E-state index contributed by atoms with van der Waals surface area (Å²) in [6.07, 6.45) is -0.814. The van der Waals surface area contributed by atoms with Crippen LogP contribution in [0, 0.1) is 0 Å². The molecule has 0 saturated heterocycles. The molecule has 2 atom stereocenters. The van der Waals surface area contributed by atoms with E-state index in [1.807, 2.05) is 0 Å². The van der Waals surface area contributed by atoms with Crippen molar-refractivity contribution in [3.05, 3.63) is 23.8 Å². The lowest BCUT2D eigenvalue weighted by Crippen LogP contribution is -2.48. The number of benzene rings is 1. The molecule has 26 heavy (non-hydrogen) atoms. The molecule has 0 saturated carbocycles. The van der Waals surface area contributed by atoms with E-state index < -0.39 is 34.9 Å². The first-order valence-corrected chi connectivity index (χ1v) is 8.69. The van der Waals surface area contributed by atoms with E-state index in [9.17, 15) is 19.5 Å². The molecule has 0 heterocycles. The van der Waals surface area contributed by atoms with E-state index in [0.717, 1.165) is 0 Å². The van der Waals surface area contributed by atoms with E-state index >= 15 is 0 Å². The van der Waals surface area contributed by atoms with Gasteiger partial charge in [-0.15, -0.1) is 11.8 Å². The molecule has 4 N–H and O–H groups in total. The number of nitrogens with two attached hydrogens (primary N) is 1. The number of aliphatic carboxylic acids is 1. The van der Waals surface area contributed by atoms with Gasteiger partial charge in [0, 0.05) is 15.8 Å². The Balaban J connectivity index is 2.88. The third-order valence-corrected chi connectivity index (χ3v) is 4.42. The maximum absolute atomic E-state index is 11.9. The Hall–Kier alpha value is -2.42. The van der Waals surface area contributed by atoms with Crippen LogP contribution in [0.4, 0.5) is 10.5 Å². The average Bonchev–Trinajstić information content (AvgIpc) is 2.51. The third-order valence-electron chi connectivity index (χ3n) is 3.15. The second kappa shape index (κ2) is 8.79. The molecule has 0 unspecified atom stereocenters. The van der Waals surface area contributed by atoms with Gasteiger partial charge in [0.1, 0.15) is 11.6 Å². The van der Waals surface area contributed by atoms with Crippen LogP contribution in [0.25, 0.3) is 0 Å². The molecule has 0 bridgehead atoms. The van der Waals surface area contributed by atoms with Gasteiger partial charge in [0.05, 0.1) is 12.7 Å². The standard InChI is InChI=1S/C17H24N2O6S/c1-9(13(14(20)21)19-16(23)25-17(2,3)4)26-12-7-6-10(8-11(12)18)15(22)24-5/h6-9,13H,18H2,1-5H3,(H,19,23)(H,20,21)/t9-,13+/m1/s1. The Bertz CT molecular complexity index is 686. The van der Waals surface area contributed by atoms with Crippen molar-refractivity contribution in [2.24, 2.45) is 0 Å². The highest BCUT2D eigenvalue weighted by Gasteiger charge is 2.30. The molecule has 0 aliphatic rings. The number of esters is 1. The van der Waals surface area contributed by atoms with E-state index in [1.165, 1.54) is 31.0 Å². The van der Waals surface area contributed by atoms with Gasteiger partial charge in [0.25, 0.3) is 0 Å². The highest BCUT2D eigenvalue weighted by Crippen LogP contribution is 2.31. The average molecular weight is 384 g/mol. The second-order valence-corrected chi connectivity index (χ2v) is 7.95. The quantitative estimate of drug-likeness (QED) is 0.388. The Morgan fingerprint density at radius 1 is 1.27 bits per heavy atom. The molecule has 144 valence electrons. The van der Waals surface area contributed by atoms with Crippen molar-refractivity contribution in [1.82, 2.24) is 5.32 Å². The number of carbonyl (C=O) groups excluding carboxylic acids is 2. The molecule has 9 heteroatoms. The van der Waals surface area contributed by atoms with Crippen molar-refractivity contribution in [3.8, 4) is 0 Å². The molecule has 1 amide bonds. The lowest BCUT2D eigenvalue weighted by molar-refractivity contribution is -0.139. The minimum absolute atomic E-state index is 0.295. The SMILES string of the molecule is COC(=O)c1ccc(S[C@H](C)[C@H](NC(=O)OC(C)(C)C)C(=O)O)c(N)c1. The van der Waals surface area contributed by atoms with Gasteiger partial charge < -0.3 is 25.6 Å². The summed E-state index contributed by atoms with van der Waals surface area (Å²) in [7, 11) is 1.27.